The number of methoxy groups -OCH3 is 1. The molecule has 0 aromatic heterocycles. The van der Waals surface area contributed by atoms with Gasteiger partial charge >= 0.3 is 10.2 Å². The van der Waals surface area contributed by atoms with Gasteiger partial charge in [0.25, 0.3) is 0 Å². The molecule has 1 aromatic carbocycles. The highest BCUT2D eigenvalue weighted by molar-refractivity contribution is 7.90. The molecule has 0 fully saturated rings. The summed E-state index contributed by atoms with van der Waals surface area (Å²) in [6.07, 6.45) is 0.376. The Morgan fingerprint density at radius 3 is 2.74 bits per heavy atom. The maximum Gasteiger partial charge on any atom is 0.301 e. The third-order valence-electron chi connectivity index (χ3n) is 2.44. The number of benzene rings is 1. The SMILES string of the molecule is COc1cc(NS(=O)(=O)N(C)CCCO)ccc1Cl. The molecule has 0 bridgehead atoms. The Labute approximate surface area is 118 Å². The van der Waals surface area contributed by atoms with Crippen molar-refractivity contribution in [2.24, 2.45) is 0 Å². The topological polar surface area (TPSA) is 78.9 Å². The summed E-state index contributed by atoms with van der Waals surface area (Å²) < 4.78 is 32.4. The van der Waals surface area contributed by atoms with E-state index in [1.807, 2.05) is 0 Å². The van der Waals surface area contributed by atoms with Gasteiger partial charge in [-0.15, -0.1) is 0 Å². The summed E-state index contributed by atoms with van der Waals surface area (Å²) in [7, 11) is -0.763. The largest absolute Gasteiger partial charge is 0.495 e. The van der Waals surface area contributed by atoms with E-state index in [-0.39, 0.29) is 13.2 Å². The second kappa shape index (κ2) is 6.95. The summed E-state index contributed by atoms with van der Waals surface area (Å²) in [5.41, 5.74) is 0.358. The van der Waals surface area contributed by atoms with E-state index >= 15 is 0 Å². The lowest BCUT2D eigenvalue weighted by atomic mass is 10.3. The van der Waals surface area contributed by atoms with Crippen molar-refractivity contribution in [3.05, 3.63) is 23.2 Å². The molecular weight excluding hydrogens is 292 g/mol. The number of halogens is 1. The highest BCUT2D eigenvalue weighted by Crippen LogP contribution is 2.27. The first-order valence-electron chi connectivity index (χ1n) is 5.59. The highest BCUT2D eigenvalue weighted by atomic mass is 35.5. The van der Waals surface area contributed by atoms with Crippen molar-refractivity contribution in [2.45, 2.75) is 6.42 Å². The van der Waals surface area contributed by atoms with E-state index in [9.17, 15) is 8.42 Å². The van der Waals surface area contributed by atoms with Gasteiger partial charge in [0.1, 0.15) is 5.75 Å². The Kier molecular flexibility index (Phi) is 5.86. The summed E-state index contributed by atoms with van der Waals surface area (Å²) >= 11 is 5.86. The number of hydrogen-bond donors (Lipinski definition) is 2. The first-order valence-corrected chi connectivity index (χ1v) is 7.41. The van der Waals surface area contributed by atoms with Crippen LogP contribution in [0.5, 0.6) is 5.75 Å². The van der Waals surface area contributed by atoms with Gasteiger partial charge in [-0.2, -0.15) is 12.7 Å². The summed E-state index contributed by atoms with van der Waals surface area (Å²) in [6, 6.07) is 4.59. The zero-order valence-corrected chi connectivity index (χ0v) is 12.3. The van der Waals surface area contributed by atoms with Crippen LogP contribution in [-0.4, -0.2) is 45.1 Å². The van der Waals surface area contributed by atoms with Crippen LogP contribution in [0.1, 0.15) is 6.42 Å². The second-order valence-corrected chi connectivity index (χ2v) is 6.04. The minimum Gasteiger partial charge on any atom is -0.495 e. The number of anilines is 1. The molecule has 0 aliphatic rings. The molecule has 19 heavy (non-hydrogen) atoms. The first kappa shape index (κ1) is 16.0. The van der Waals surface area contributed by atoms with Crippen molar-refractivity contribution in [3.63, 3.8) is 0 Å². The Morgan fingerprint density at radius 1 is 1.47 bits per heavy atom. The molecule has 0 atom stereocenters. The third-order valence-corrected chi connectivity index (χ3v) is 4.25. The monoisotopic (exact) mass is 308 g/mol. The van der Waals surface area contributed by atoms with Crippen LogP contribution in [0, 0.1) is 0 Å². The molecule has 0 aliphatic carbocycles. The Bertz CT molecular complexity index is 521. The molecule has 0 saturated heterocycles. The van der Waals surface area contributed by atoms with E-state index in [1.54, 1.807) is 12.1 Å². The molecule has 8 heteroatoms. The van der Waals surface area contributed by atoms with E-state index < -0.39 is 10.2 Å². The maximum absolute atomic E-state index is 11.9. The first-order chi connectivity index (χ1) is 8.90. The van der Waals surface area contributed by atoms with Crippen LogP contribution in [0.3, 0.4) is 0 Å². The highest BCUT2D eigenvalue weighted by Gasteiger charge is 2.17. The van der Waals surface area contributed by atoms with E-state index in [2.05, 4.69) is 4.72 Å². The van der Waals surface area contributed by atoms with Gasteiger partial charge in [-0.05, 0) is 18.6 Å². The van der Waals surface area contributed by atoms with Crippen LogP contribution in [-0.2, 0) is 10.2 Å². The minimum absolute atomic E-state index is 0.0609. The minimum atomic E-state index is -3.65. The third kappa shape index (κ3) is 4.54. The normalized spacial score (nSPS) is 11.6. The van der Waals surface area contributed by atoms with E-state index in [0.717, 1.165) is 4.31 Å². The van der Waals surface area contributed by atoms with Crippen molar-refractivity contribution >= 4 is 27.5 Å². The fourth-order valence-corrected chi connectivity index (χ4v) is 2.51. The van der Waals surface area contributed by atoms with Crippen molar-refractivity contribution in [2.75, 3.05) is 32.0 Å². The van der Waals surface area contributed by atoms with Crippen LogP contribution < -0.4 is 9.46 Å². The van der Waals surface area contributed by atoms with Crippen LogP contribution in [0.4, 0.5) is 5.69 Å². The predicted octanol–water partition coefficient (Wildman–Crippen LogP) is 1.32. The molecular formula is C11H17ClN2O4S. The van der Waals surface area contributed by atoms with Gasteiger partial charge in [-0.3, -0.25) is 4.72 Å². The van der Waals surface area contributed by atoms with Gasteiger partial charge in [0.2, 0.25) is 0 Å². The zero-order chi connectivity index (χ0) is 14.5. The lowest BCUT2D eigenvalue weighted by Crippen LogP contribution is -2.33. The number of rotatable bonds is 7. The maximum atomic E-state index is 11.9. The molecule has 1 rings (SSSR count). The van der Waals surface area contributed by atoms with E-state index in [1.165, 1.54) is 20.2 Å². The molecule has 2 N–H and O–H groups in total. The zero-order valence-electron chi connectivity index (χ0n) is 10.8. The number of aliphatic hydroxyl groups excluding tert-OH is 1. The molecule has 6 nitrogen and oxygen atoms in total. The van der Waals surface area contributed by atoms with Crippen LogP contribution >= 0.6 is 11.6 Å². The average Bonchev–Trinajstić information content (AvgIpc) is 2.37. The van der Waals surface area contributed by atoms with Gasteiger partial charge in [-0.1, -0.05) is 11.6 Å². The number of aliphatic hydroxyl groups is 1. The fourth-order valence-electron chi connectivity index (χ4n) is 1.36. The lowest BCUT2D eigenvalue weighted by molar-refractivity contribution is 0.276. The standard InChI is InChI=1S/C11H17ClN2O4S/c1-14(6-3-7-15)19(16,17)13-9-4-5-10(12)11(8-9)18-2/h4-5,8,13,15H,3,6-7H2,1-2H3. The Morgan fingerprint density at radius 2 is 2.16 bits per heavy atom. The lowest BCUT2D eigenvalue weighted by Gasteiger charge is -2.18. The molecule has 0 unspecified atom stereocenters. The van der Waals surface area contributed by atoms with E-state index in [0.29, 0.717) is 22.9 Å². The second-order valence-electron chi connectivity index (χ2n) is 3.86. The number of nitrogens with zero attached hydrogens (tertiary/aromatic N) is 1. The fraction of sp³-hybridized carbons (Fsp3) is 0.455. The van der Waals surface area contributed by atoms with Crippen molar-refractivity contribution < 1.29 is 18.3 Å². The predicted molar refractivity (Wildman–Crippen MR) is 74.9 cm³/mol. The summed E-state index contributed by atoms with van der Waals surface area (Å²) in [5.74, 6) is 0.389. The summed E-state index contributed by atoms with van der Waals surface area (Å²) in [4.78, 5) is 0. The van der Waals surface area contributed by atoms with Crippen LogP contribution in [0.2, 0.25) is 5.02 Å². The Balaban J connectivity index is 2.83. The average molecular weight is 309 g/mol. The molecule has 0 saturated carbocycles. The van der Waals surface area contributed by atoms with Gasteiger partial charge in [0.15, 0.2) is 0 Å². The van der Waals surface area contributed by atoms with Gasteiger partial charge in [0.05, 0.1) is 17.8 Å². The van der Waals surface area contributed by atoms with Gasteiger partial charge in [-0.25, -0.2) is 0 Å². The molecule has 0 spiro atoms. The number of nitrogens with one attached hydrogen (secondary N) is 1. The molecule has 0 heterocycles. The quantitative estimate of drug-likeness (QED) is 0.796. The van der Waals surface area contributed by atoms with Crippen LogP contribution in [0.25, 0.3) is 0 Å². The van der Waals surface area contributed by atoms with Crippen molar-refractivity contribution in [1.29, 1.82) is 0 Å². The van der Waals surface area contributed by atoms with Crippen LogP contribution in [0.15, 0.2) is 18.2 Å². The van der Waals surface area contributed by atoms with Gasteiger partial charge in [0, 0.05) is 26.3 Å². The molecule has 1 aromatic rings. The number of hydrogen-bond acceptors (Lipinski definition) is 4. The Hall–Kier alpha value is -1.02. The summed E-state index contributed by atoms with van der Waals surface area (Å²) in [6.45, 7) is 0.172. The smallest absolute Gasteiger partial charge is 0.301 e. The summed E-state index contributed by atoms with van der Waals surface area (Å²) in [5, 5.41) is 9.10. The molecule has 108 valence electrons. The molecule has 0 aliphatic heterocycles. The molecule has 0 radical (unpaired) electrons. The van der Waals surface area contributed by atoms with E-state index in [4.69, 9.17) is 21.4 Å². The van der Waals surface area contributed by atoms with Crippen molar-refractivity contribution in [1.82, 2.24) is 4.31 Å². The van der Waals surface area contributed by atoms with Crippen molar-refractivity contribution in [3.8, 4) is 5.75 Å². The number of ether oxygens (including phenoxy) is 1. The van der Waals surface area contributed by atoms with Gasteiger partial charge < -0.3 is 9.84 Å². The molecule has 0 amide bonds.